The lowest BCUT2D eigenvalue weighted by Crippen LogP contribution is -2.53. The first kappa shape index (κ1) is 19.5. The standard InChI is InChI=1S/C19H24N4O3S/c1-15-5-3-6-17(13-15)21-19(24)16(2)22-9-11-23(12-10-22)27(25,26)18-7-4-8-20-14-18/h3-8,13-14,16H,9-12H2,1-2H3,(H,21,24)/t16-/m1/s1. The number of sulfonamides is 1. The molecule has 1 aromatic carbocycles. The number of nitrogens with one attached hydrogen (secondary N) is 1. The summed E-state index contributed by atoms with van der Waals surface area (Å²) in [5.74, 6) is -0.0934. The van der Waals surface area contributed by atoms with Gasteiger partial charge in [0.05, 0.1) is 6.04 Å². The van der Waals surface area contributed by atoms with Crippen molar-refractivity contribution in [2.45, 2.75) is 24.8 Å². The van der Waals surface area contributed by atoms with Gasteiger partial charge in [0.25, 0.3) is 0 Å². The van der Waals surface area contributed by atoms with E-state index in [0.717, 1.165) is 11.3 Å². The van der Waals surface area contributed by atoms with Crippen LogP contribution >= 0.6 is 0 Å². The van der Waals surface area contributed by atoms with Gasteiger partial charge in [0.2, 0.25) is 15.9 Å². The number of carbonyl (C=O) groups excluding carboxylic acids is 1. The van der Waals surface area contributed by atoms with Gasteiger partial charge < -0.3 is 5.32 Å². The molecule has 8 heteroatoms. The summed E-state index contributed by atoms with van der Waals surface area (Å²) < 4.78 is 26.8. The van der Waals surface area contributed by atoms with Gasteiger partial charge in [-0.1, -0.05) is 12.1 Å². The average Bonchev–Trinajstić information content (AvgIpc) is 2.68. The SMILES string of the molecule is Cc1cccc(NC(=O)[C@@H](C)N2CCN(S(=O)(=O)c3cccnc3)CC2)c1. The summed E-state index contributed by atoms with van der Waals surface area (Å²) in [6.07, 6.45) is 2.91. The van der Waals surface area contributed by atoms with E-state index in [0.29, 0.717) is 26.2 Å². The van der Waals surface area contributed by atoms with E-state index >= 15 is 0 Å². The van der Waals surface area contributed by atoms with Crippen LogP contribution in [0.1, 0.15) is 12.5 Å². The molecule has 1 aliphatic rings. The Balaban J connectivity index is 1.59. The van der Waals surface area contributed by atoms with Crippen LogP contribution in [0.25, 0.3) is 0 Å². The number of aryl methyl sites for hydroxylation is 1. The first-order chi connectivity index (χ1) is 12.9. The number of benzene rings is 1. The van der Waals surface area contributed by atoms with Crippen molar-refractivity contribution in [2.24, 2.45) is 0 Å². The molecule has 2 heterocycles. The minimum atomic E-state index is -3.54. The fraction of sp³-hybridized carbons (Fsp3) is 0.368. The molecule has 1 fully saturated rings. The number of rotatable bonds is 5. The number of hydrogen-bond donors (Lipinski definition) is 1. The van der Waals surface area contributed by atoms with Gasteiger partial charge in [-0.2, -0.15) is 4.31 Å². The summed E-state index contributed by atoms with van der Waals surface area (Å²) in [6.45, 7) is 5.51. The Morgan fingerprint density at radius 3 is 2.52 bits per heavy atom. The predicted octanol–water partition coefficient (Wildman–Crippen LogP) is 1.72. The third-order valence-corrected chi connectivity index (χ3v) is 6.64. The normalized spacial score (nSPS) is 17.4. The summed E-state index contributed by atoms with van der Waals surface area (Å²) in [7, 11) is -3.54. The number of aromatic nitrogens is 1. The molecule has 0 saturated carbocycles. The van der Waals surface area contributed by atoms with E-state index in [-0.39, 0.29) is 16.8 Å². The van der Waals surface area contributed by atoms with Gasteiger partial charge in [-0.25, -0.2) is 8.42 Å². The fourth-order valence-corrected chi connectivity index (χ4v) is 4.50. The van der Waals surface area contributed by atoms with E-state index in [1.165, 1.54) is 10.5 Å². The molecule has 1 atom stereocenters. The summed E-state index contributed by atoms with van der Waals surface area (Å²) in [5, 5.41) is 2.93. The molecule has 2 aromatic rings. The van der Waals surface area contributed by atoms with Crippen molar-refractivity contribution in [2.75, 3.05) is 31.5 Å². The van der Waals surface area contributed by atoms with E-state index in [2.05, 4.69) is 10.3 Å². The number of carbonyl (C=O) groups is 1. The van der Waals surface area contributed by atoms with Crippen LogP contribution in [0.5, 0.6) is 0 Å². The van der Waals surface area contributed by atoms with E-state index in [1.807, 2.05) is 43.0 Å². The number of nitrogens with zero attached hydrogens (tertiary/aromatic N) is 3. The molecule has 0 aliphatic carbocycles. The van der Waals surface area contributed by atoms with Crippen LogP contribution in [0.15, 0.2) is 53.7 Å². The Bertz CT molecular complexity index is 894. The van der Waals surface area contributed by atoms with Gasteiger partial charge >= 0.3 is 0 Å². The van der Waals surface area contributed by atoms with E-state index in [4.69, 9.17) is 0 Å². The van der Waals surface area contributed by atoms with Crippen LogP contribution in [0.2, 0.25) is 0 Å². The lowest BCUT2D eigenvalue weighted by atomic mass is 10.2. The molecular formula is C19H24N4O3S. The summed E-state index contributed by atoms with van der Waals surface area (Å²) in [4.78, 5) is 18.6. The smallest absolute Gasteiger partial charge is 0.244 e. The molecule has 1 amide bonds. The molecule has 7 nitrogen and oxygen atoms in total. The first-order valence-electron chi connectivity index (χ1n) is 8.90. The number of pyridine rings is 1. The first-order valence-corrected chi connectivity index (χ1v) is 10.3. The van der Waals surface area contributed by atoms with Crippen molar-refractivity contribution in [1.82, 2.24) is 14.2 Å². The highest BCUT2D eigenvalue weighted by Crippen LogP contribution is 2.18. The van der Waals surface area contributed by atoms with E-state index in [1.54, 1.807) is 18.3 Å². The number of piperazine rings is 1. The molecule has 3 rings (SSSR count). The minimum absolute atomic E-state index is 0.0934. The quantitative estimate of drug-likeness (QED) is 0.843. The van der Waals surface area contributed by atoms with E-state index < -0.39 is 10.0 Å². The fourth-order valence-electron chi connectivity index (χ4n) is 3.12. The van der Waals surface area contributed by atoms with Crippen LogP contribution in [-0.4, -0.2) is 60.7 Å². The third kappa shape index (κ3) is 4.52. The summed E-state index contributed by atoms with van der Waals surface area (Å²) in [5.41, 5.74) is 1.85. The number of anilines is 1. The molecule has 1 aromatic heterocycles. The Morgan fingerprint density at radius 1 is 1.15 bits per heavy atom. The summed E-state index contributed by atoms with van der Waals surface area (Å²) >= 11 is 0. The van der Waals surface area contributed by atoms with Crippen LogP contribution in [-0.2, 0) is 14.8 Å². The second-order valence-corrected chi connectivity index (χ2v) is 8.60. The zero-order chi connectivity index (χ0) is 19.4. The van der Waals surface area contributed by atoms with Crippen LogP contribution in [0, 0.1) is 6.92 Å². The monoisotopic (exact) mass is 388 g/mol. The Kier molecular flexibility index (Phi) is 5.88. The van der Waals surface area contributed by atoms with Crippen molar-refractivity contribution >= 4 is 21.6 Å². The predicted molar refractivity (Wildman–Crippen MR) is 104 cm³/mol. The van der Waals surface area contributed by atoms with Gasteiger partial charge in [0.15, 0.2) is 0 Å². The molecule has 0 bridgehead atoms. The van der Waals surface area contributed by atoms with Crippen LogP contribution in [0.3, 0.4) is 0 Å². The Hall–Kier alpha value is -2.29. The zero-order valence-electron chi connectivity index (χ0n) is 15.5. The van der Waals surface area contributed by atoms with Gasteiger partial charge in [-0.05, 0) is 43.7 Å². The van der Waals surface area contributed by atoms with Gasteiger partial charge in [-0.15, -0.1) is 0 Å². The lowest BCUT2D eigenvalue weighted by molar-refractivity contribution is -0.121. The minimum Gasteiger partial charge on any atom is -0.325 e. The van der Waals surface area contributed by atoms with Crippen molar-refractivity contribution in [3.05, 3.63) is 54.4 Å². The molecule has 27 heavy (non-hydrogen) atoms. The second-order valence-electron chi connectivity index (χ2n) is 6.66. The molecular weight excluding hydrogens is 364 g/mol. The van der Waals surface area contributed by atoms with E-state index in [9.17, 15) is 13.2 Å². The third-order valence-electron chi connectivity index (χ3n) is 4.76. The van der Waals surface area contributed by atoms with Crippen LogP contribution in [0.4, 0.5) is 5.69 Å². The molecule has 1 saturated heterocycles. The Labute approximate surface area is 160 Å². The molecule has 1 aliphatic heterocycles. The molecule has 1 N–H and O–H groups in total. The molecule has 0 radical (unpaired) electrons. The highest BCUT2D eigenvalue weighted by Gasteiger charge is 2.31. The van der Waals surface area contributed by atoms with Gasteiger partial charge in [0, 0.05) is 44.3 Å². The van der Waals surface area contributed by atoms with Crippen molar-refractivity contribution in [1.29, 1.82) is 0 Å². The maximum Gasteiger partial charge on any atom is 0.244 e. The molecule has 0 unspecified atom stereocenters. The van der Waals surface area contributed by atoms with Gasteiger partial charge in [0.1, 0.15) is 4.90 Å². The summed E-state index contributed by atoms with van der Waals surface area (Å²) in [6, 6.07) is 10.5. The van der Waals surface area contributed by atoms with Gasteiger partial charge in [-0.3, -0.25) is 14.7 Å². The highest BCUT2D eigenvalue weighted by molar-refractivity contribution is 7.89. The zero-order valence-corrected chi connectivity index (χ0v) is 16.3. The topological polar surface area (TPSA) is 82.6 Å². The maximum atomic E-state index is 12.7. The Morgan fingerprint density at radius 2 is 1.89 bits per heavy atom. The average molecular weight is 388 g/mol. The number of amides is 1. The number of hydrogen-bond acceptors (Lipinski definition) is 5. The lowest BCUT2D eigenvalue weighted by Gasteiger charge is -2.36. The largest absolute Gasteiger partial charge is 0.325 e. The molecule has 144 valence electrons. The maximum absolute atomic E-state index is 12.7. The highest BCUT2D eigenvalue weighted by atomic mass is 32.2. The van der Waals surface area contributed by atoms with Crippen LogP contribution < -0.4 is 5.32 Å². The van der Waals surface area contributed by atoms with Crippen molar-refractivity contribution in [3.63, 3.8) is 0 Å². The second kappa shape index (κ2) is 8.16. The van der Waals surface area contributed by atoms with Crippen molar-refractivity contribution < 1.29 is 13.2 Å². The molecule has 0 spiro atoms. The van der Waals surface area contributed by atoms with Crippen molar-refractivity contribution in [3.8, 4) is 0 Å².